The Labute approximate surface area is 110 Å². The van der Waals surface area contributed by atoms with Crippen molar-refractivity contribution in [1.82, 2.24) is 20.1 Å². The van der Waals surface area contributed by atoms with Crippen LogP contribution in [0.1, 0.15) is 52.3 Å². The monoisotopic (exact) mass is 250 g/mol. The van der Waals surface area contributed by atoms with E-state index in [1.165, 1.54) is 25.7 Å². The lowest BCUT2D eigenvalue weighted by atomic mass is 9.88. The summed E-state index contributed by atoms with van der Waals surface area (Å²) >= 11 is 0. The average molecular weight is 250 g/mol. The molecule has 102 valence electrons. The molecule has 1 aromatic rings. The number of hydrogen-bond donors (Lipinski definition) is 1. The van der Waals surface area contributed by atoms with Crippen LogP contribution in [0.15, 0.2) is 6.33 Å². The summed E-state index contributed by atoms with van der Waals surface area (Å²) in [6.07, 6.45) is 7.75. The van der Waals surface area contributed by atoms with Crippen molar-refractivity contribution in [2.24, 2.45) is 5.92 Å². The van der Waals surface area contributed by atoms with Crippen molar-refractivity contribution in [3.8, 4) is 0 Å². The molecule has 1 N–H and O–H groups in total. The number of aromatic nitrogens is 3. The first-order chi connectivity index (χ1) is 8.65. The standard InChI is InChI=1S/C14H26N4/c1-4-6-14(7-5-8-16-14)9-13-15-11-17-18(13)10-12(2)3/h11-12,16H,4-10H2,1-3H3. The minimum absolute atomic E-state index is 0.274. The van der Waals surface area contributed by atoms with Gasteiger partial charge in [0.25, 0.3) is 0 Å². The van der Waals surface area contributed by atoms with Gasteiger partial charge >= 0.3 is 0 Å². The molecule has 1 aliphatic rings. The van der Waals surface area contributed by atoms with Gasteiger partial charge in [-0.15, -0.1) is 0 Å². The van der Waals surface area contributed by atoms with Crippen molar-refractivity contribution in [2.45, 2.75) is 65.0 Å². The van der Waals surface area contributed by atoms with Crippen LogP contribution in [-0.2, 0) is 13.0 Å². The molecule has 1 saturated heterocycles. The second-order valence-corrected chi connectivity index (χ2v) is 5.99. The Kier molecular flexibility index (Phi) is 4.38. The van der Waals surface area contributed by atoms with Crippen LogP contribution in [0.2, 0.25) is 0 Å². The van der Waals surface area contributed by atoms with Gasteiger partial charge in [-0.25, -0.2) is 9.67 Å². The number of nitrogens with one attached hydrogen (secondary N) is 1. The number of nitrogens with zero attached hydrogens (tertiary/aromatic N) is 3. The van der Waals surface area contributed by atoms with Crippen LogP contribution >= 0.6 is 0 Å². The Morgan fingerprint density at radius 3 is 2.94 bits per heavy atom. The molecule has 4 nitrogen and oxygen atoms in total. The van der Waals surface area contributed by atoms with Crippen LogP contribution in [0.3, 0.4) is 0 Å². The fraction of sp³-hybridized carbons (Fsp3) is 0.857. The van der Waals surface area contributed by atoms with Crippen LogP contribution in [0, 0.1) is 5.92 Å². The van der Waals surface area contributed by atoms with E-state index in [1.54, 1.807) is 6.33 Å². The van der Waals surface area contributed by atoms with E-state index >= 15 is 0 Å². The normalized spacial score (nSPS) is 24.0. The highest BCUT2D eigenvalue weighted by molar-refractivity contribution is 5.02. The molecule has 18 heavy (non-hydrogen) atoms. The topological polar surface area (TPSA) is 42.7 Å². The maximum Gasteiger partial charge on any atom is 0.138 e. The summed E-state index contributed by atoms with van der Waals surface area (Å²) in [5, 5.41) is 8.08. The molecule has 1 atom stereocenters. The fourth-order valence-electron chi connectivity index (χ4n) is 3.03. The van der Waals surface area contributed by atoms with Gasteiger partial charge in [-0.3, -0.25) is 0 Å². The Balaban J connectivity index is 2.09. The molecule has 0 aliphatic carbocycles. The highest BCUT2D eigenvalue weighted by Crippen LogP contribution is 2.28. The van der Waals surface area contributed by atoms with Crippen molar-refractivity contribution in [3.05, 3.63) is 12.2 Å². The quantitative estimate of drug-likeness (QED) is 0.843. The van der Waals surface area contributed by atoms with E-state index in [-0.39, 0.29) is 5.54 Å². The van der Waals surface area contributed by atoms with Gasteiger partial charge in [0.1, 0.15) is 12.2 Å². The Morgan fingerprint density at radius 2 is 2.33 bits per heavy atom. The molecule has 2 rings (SSSR count). The smallest absolute Gasteiger partial charge is 0.138 e. The predicted octanol–water partition coefficient (Wildman–Crippen LogP) is 2.40. The summed E-state index contributed by atoms with van der Waals surface area (Å²) in [5.74, 6) is 1.76. The van der Waals surface area contributed by atoms with Crippen LogP contribution in [0.25, 0.3) is 0 Å². The van der Waals surface area contributed by atoms with E-state index in [0.717, 1.165) is 25.3 Å². The van der Waals surface area contributed by atoms with Gasteiger partial charge in [0.2, 0.25) is 0 Å². The summed E-state index contributed by atoms with van der Waals surface area (Å²) in [4.78, 5) is 4.47. The Hall–Kier alpha value is -0.900. The maximum absolute atomic E-state index is 4.47. The third-order valence-corrected chi connectivity index (χ3v) is 3.79. The van der Waals surface area contributed by atoms with Gasteiger partial charge in [0.05, 0.1) is 0 Å². The zero-order chi connectivity index (χ0) is 13.0. The second kappa shape index (κ2) is 5.83. The Bertz CT molecular complexity index is 364. The van der Waals surface area contributed by atoms with Crippen LogP contribution in [0.5, 0.6) is 0 Å². The van der Waals surface area contributed by atoms with E-state index in [2.05, 4.69) is 40.9 Å². The molecule has 2 heterocycles. The van der Waals surface area contributed by atoms with E-state index in [0.29, 0.717) is 5.92 Å². The molecule has 0 radical (unpaired) electrons. The molecule has 0 amide bonds. The molecule has 0 bridgehead atoms. The van der Waals surface area contributed by atoms with Gasteiger partial charge in [-0.2, -0.15) is 5.10 Å². The highest BCUT2D eigenvalue weighted by atomic mass is 15.3. The van der Waals surface area contributed by atoms with Gasteiger partial charge < -0.3 is 5.32 Å². The molecule has 0 spiro atoms. The zero-order valence-corrected chi connectivity index (χ0v) is 11.9. The molecule has 0 aromatic carbocycles. The lowest BCUT2D eigenvalue weighted by molar-refractivity contribution is 0.324. The first kappa shape index (κ1) is 13.5. The summed E-state index contributed by atoms with van der Waals surface area (Å²) in [6, 6.07) is 0. The van der Waals surface area contributed by atoms with Gasteiger partial charge in [0, 0.05) is 18.5 Å². The van der Waals surface area contributed by atoms with Crippen LogP contribution < -0.4 is 5.32 Å². The van der Waals surface area contributed by atoms with Crippen molar-refractivity contribution in [1.29, 1.82) is 0 Å². The molecule has 1 aliphatic heterocycles. The summed E-state index contributed by atoms with van der Waals surface area (Å²) < 4.78 is 2.09. The summed E-state index contributed by atoms with van der Waals surface area (Å²) in [5.41, 5.74) is 0.274. The third kappa shape index (κ3) is 3.10. The Morgan fingerprint density at radius 1 is 1.50 bits per heavy atom. The highest BCUT2D eigenvalue weighted by Gasteiger charge is 2.34. The minimum atomic E-state index is 0.274. The first-order valence-corrected chi connectivity index (χ1v) is 7.27. The molecule has 1 unspecified atom stereocenters. The predicted molar refractivity (Wildman–Crippen MR) is 73.4 cm³/mol. The van der Waals surface area contributed by atoms with Crippen LogP contribution in [0.4, 0.5) is 0 Å². The lowest BCUT2D eigenvalue weighted by Crippen LogP contribution is -2.42. The molecule has 4 heteroatoms. The third-order valence-electron chi connectivity index (χ3n) is 3.79. The number of rotatable bonds is 6. The second-order valence-electron chi connectivity index (χ2n) is 5.99. The van der Waals surface area contributed by atoms with E-state index in [1.807, 2.05) is 0 Å². The average Bonchev–Trinajstić information content (AvgIpc) is 2.90. The largest absolute Gasteiger partial charge is 0.311 e. The molecule has 1 fully saturated rings. The number of hydrogen-bond acceptors (Lipinski definition) is 3. The van der Waals surface area contributed by atoms with Gasteiger partial charge in [-0.1, -0.05) is 27.2 Å². The van der Waals surface area contributed by atoms with Crippen LogP contribution in [-0.4, -0.2) is 26.8 Å². The molecular weight excluding hydrogens is 224 g/mol. The SMILES string of the molecule is CCCC1(Cc2ncnn2CC(C)C)CCCN1. The summed E-state index contributed by atoms with van der Waals surface area (Å²) in [7, 11) is 0. The lowest BCUT2D eigenvalue weighted by Gasteiger charge is -2.29. The fourth-order valence-corrected chi connectivity index (χ4v) is 3.03. The van der Waals surface area contributed by atoms with Crippen molar-refractivity contribution in [2.75, 3.05) is 6.54 Å². The maximum atomic E-state index is 4.47. The molecule has 1 aromatic heterocycles. The van der Waals surface area contributed by atoms with Crippen molar-refractivity contribution in [3.63, 3.8) is 0 Å². The first-order valence-electron chi connectivity index (χ1n) is 7.27. The van der Waals surface area contributed by atoms with E-state index in [4.69, 9.17) is 0 Å². The van der Waals surface area contributed by atoms with Gasteiger partial charge in [-0.05, 0) is 31.7 Å². The van der Waals surface area contributed by atoms with E-state index < -0.39 is 0 Å². The van der Waals surface area contributed by atoms with E-state index in [9.17, 15) is 0 Å². The minimum Gasteiger partial charge on any atom is -0.311 e. The molecular formula is C14H26N4. The van der Waals surface area contributed by atoms with Gasteiger partial charge in [0.15, 0.2) is 0 Å². The van der Waals surface area contributed by atoms with Crippen molar-refractivity contribution < 1.29 is 0 Å². The molecule has 0 saturated carbocycles. The van der Waals surface area contributed by atoms with Crippen molar-refractivity contribution >= 4 is 0 Å². The summed E-state index contributed by atoms with van der Waals surface area (Å²) in [6.45, 7) is 8.83. The zero-order valence-electron chi connectivity index (χ0n) is 11.9.